The first kappa shape index (κ1) is 7.46. The molecule has 0 spiro atoms. The van der Waals surface area contributed by atoms with Crippen LogP contribution in [0.4, 0.5) is 0 Å². The summed E-state index contributed by atoms with van der Waals surface area (Å²) in [4.78, 5) is 0. The van der Waals surface area contributed by atoms with Gasteiger partial charge >= 0.3 is 0 Å². The molecule has 0 N–H and O–H groups in total. The van der Waals surface area contributed by atoms with Gasteiger partial charge in [0.25, 0.3) is 0 Å². The van der Waals surface area contributed by atoms with Gasteiger partial charge in [0, 0.05) is 0 Å². The van der Waals surface area contributed by atoms with Crippen molar-refractivity contribution in [2.45, 2.75) is 26.7 Å². The van der Waals surface area contributed by atoms with Crippen molar-refractivity contribution in [3.05, 3.63) is 0 Å². The van der Waals surface area contributed by atoms with E-state index < -0.39 is 0 Å². The van der Waals surface area contributed by atoms with E-state index >= 15 is 0 Å². The predicted octanol–water partition coefficient (Wildman–Crippen LogP) is 2.79. The highest BCUT2D eigenvalue weighted by Gasteiger charge is 2.16. The molecule has 9 heavy (non-hydrogen) atoms. The molecule has 1 fully saturated rings. The van der Waals surface area contributed by atoms with Crippen molar-refractivity contribution in [1.29, 1.82) is 0 Å². The summed E-state index contributed by atoms with van der Waals surface area (Å²) in [5.41, 5.74) is 0. The summed E-state index contributed by atoms with van der Waals surface area (Å²) in [6.45, 7) is 4.69. The molecule has 0 unspecified atom stereocenters. The van der Waals surface area contributed by atoms with Gasteiger partial charge in [-0.05, 0) is 36.2 Å². The van der Waals surface area contributed by atoms with Gasteiger partial charge in [-0.3, -0.25) is 0 Å². The van der Waals surface area contributed by atoms with Gasteiger partial charge < -0.3 is 0 Å². The number of rotatable bonds is 1. The summed E-state index contributed by atoms with van der Waals surface area (Å²) >= 11 is 2.13. The molecule has 0 bridgehead atoms. The van der Waals surface area contributed by atoms with Crippen LogP contribution in [0.15, 0.2) is 0 Å². The van der Waals surface area contributed by atoms with Gasteiger partial charge in [-0.25, -0.2) is 0 Å². The summed E-state index contributed by atoms with van der Waals surface area (Å²) in [6.07, 6.45) is 2.93. The average molecular weight is 144 g/mol. The molecule has 0 amide bonds. The fraction of sp³-hybridized carbons (Fsp3) is 1.00. The lowest BCUT2D eigenvalue weighted by molar-refractivity contribution is 0.389. The zero-order valence-corrected chi connectivity index (χ0v) is 7.21. The summed E-state index contributed by atoms with van der Waals surface area (Å²) in [6, 6.07) is 0. The lowest BCUT2D eigenvalue weighted by Gasteiger charge is -2.24. The third-order valence-electron chi connectivity index (χ3n) is 2.14. The Bertz CT molecular complexity index is 72.6. The van der Waals surface area contributed by atoms with Crippen LogP contribution in [0.3, 0.4) is 0 Å². The highest BCUT2D eigenvalue weighted by atomic mass is 32.2. The van der Waals surface area contributed by atoms with Crippen molar-refractivity contribution in [3.63, 3.8) is 0 Å². The van der Waals surface area contributed by atoms with E-state index in [-0.39, 0.29) is 0 Å². The van der Waals surface area contributed by atoms with E-state index in [1.807, 2.05) is 0 Å². The second-order valence-corrected chi connectivity index (χ2v) is 4.37. The molecule has 0 aromatic carbocycles. The van der Waals surface area contributed by atoms with Crippen molar-refractivity contribution in [2.24, 2.45) is 11.8 Å². The van der Waals surface area contributed by atoms with Gasteiger partial charge in [0.2, 0.25) is 0 Å². The van der Waals surface area contributed by atoms with E-state index in [1.165, 1.54) is 24.3 Å². The molecular weight excluding hydrogens is 128 g/mol. The third kappa shape index (κ3) is 2.21. The summed E-state index contributed by atoms with van der Waals surface area (Å²) < 4.78 is 0. The first-order valence-corrected chi connectivity index (χ1v) is 5.04. The average Bonchev–Trinajstić information content (AvgIpc) is 1.90. The Morgan fingerprint density at radius 1 is 1.44 bits per heavy atom. The van der Waals surface area contributed by atoms with Gasteiger partial charge in [-0.2, -0.15) is 11.8 Å². The zero-order chi connectivity index (χ0) is 6.69. The van der Waals surface area contributed by atoms with Crippen LogP contribution in [0.1, 0.15) is 26.7 Å². The quantitative estimate of drug-likeness (QED) is 0.545. The van der Waals surface area contributed by atoms with Crippen LogP contribution in [0.5, 0.6) is 0 Å². The Balaban J connectivity index is 2.23. The van der Waals surface area contributed by atoms with E-state index in [2.05, 4.69) is 25.6 Å². The number of thioether (sulfide) groups is 1. The minimum Gasteiger partial charge on any atom is -0.162 e. The smallest absolute Gasteiger partial charge is 0.00367 e. The maximum Gasteiger partial charge on any atom is -0.00367 e. The van der Waals surface area contributed by atoms with Crippen LogP contribution in [-0.4, -0.2) is 11.5 Å². The van der Waals surface area contributed by atoms with Crippen LogP contribution in [0.25, 0.3) is 0 Å². The Labute approximate surface area is 62.4 Å². The molecule has 0 aliphatic carbocycles. The molecule has 1 saturated heterocycles. The molecule has 1 heteroatoms. The molecule has 0 aromatic heterocycles. The van der Waals surface area contributed by atoms with E-state index in [4.69, 9.17) is 0 Å². The monoisotopic (exact) mass is 144 g/mol. The molecule has 0 aromatic rings. The summed E-state index contributed by atoms with van der Waals surface area (Å²) in [5.74, 6) is 4.75. The maximum absolute atomic E-state index is 2.34. The lowest BCUT2D eigenvalue weighted by Crippen LogP contribution is -2.15. The second-order valence-electron chi connectivity index (χ2n) is 3.22. The van der Waals surface area contributed by atoms with E-state index in [9.17, 15) is 0 Å². The molecule has 1 heterocycles. The Kier molecular flexibility index (Phi) is 2.90. The topological polar surface area (TPSA) is 0 Å². The van der Waals surface area contributed by atoms with Crippen molar-refractivity contribution >= 4 is 11.8 Å². The maximum atomic E-state index is 2.34. The first-order valence-electron chi connectivity index (χ1n) is 3.88. The van der Waals surface area contributed by atoms with Gasteiger partial charge in [-0.15, -0.1) is 0 Å². The molecule has 1 aliphatic heterocycles. The fourth-order valence-electron chi connectivity index (χ4n) is 1.29. The van der Waals surface area contributed by atoms with E-state index in [0.29, 0.717) is 0 Å². The van der Waals surface area contributed by atoms with Crippen molar-refractivity contribution in [1.82, 2.24) is 0 Å². The minimum atomic E-state index is 0.915. The summed E-state index contributed by atoms with van der Waals surface area (Å²) in [5, 5.41) is 0. The van der Waals surface area contributed by atoms with Gasteiger partial charge in [0.1, 0.15) is 0 Å². The van der Waals surface area contributed by atoms with Gasteiger partial charge in [0.15, 0.2) is 0 Å². The van der Waals surface area contributed by atoms with Crippen LogP contribution in [0, 0.1) is 11.8 Å². The minimum absolute atomic E-state index is 0.915. The lowest BCUT2D eigenvalue weighted by atomic mass is 9.93. The Morgan fingerprint density at radius 3 is 2.56 bits per heavy atom. The standard InChI is InChI=1S/C8H16S/c1-7(2)8-4-3-5-9-6-8/h7-8H,3-6H2,1-2H3/t8-/m1/s1. The molecule has 0 nitrogen and oxygen atoms in total. The fourth-order valence-corrected chi connectivity index (χ4v) is 2.68. The largest absolute Gasteiger partial charge is 0.162 e. The van der Waals surface area contributed by atoms with Gasteiger partial charge in [-0.1, -0.05) is 13.8 Å². The molecule has 1 atom stereocenters. The van der Waals surface area contributed by atoms with E-state index in [1.54, 1.807) is 0 Å². The van der Waals surface area contributed by atoms with Gasteiger partial charge in [0.05, 0.1) is 0 Å². The molecule has 54 valence electrons. The number of hydrogen-bond acceptors (Lipinski definition) is 1. The van der Waals surface area contributed by atoms with Crippen molar-refractivity contribution in [3.8, 4) is 0 Å². The highest BCUT2D eigenvalue weighted by molar-refractivity contribution is 7.99. The molecule has 1 rings (SSSR count). The van der Waals surface area contributed by atoms with Crippen LogP contribution in [0.2, 0.25) is 0 Å². The third-order valence-corrected chi connectivity index (χ3v) is 3.38. The van der Waals surface area contributed by atoms with Crippen LogP contribution >= 0.6 is 11.8 Å². The Hall–Kier alpha value is 0.350. The van der Waals surface area contributed by atoms with Crippen LogP contribution < -0.4 is 0 Å². The molecule has 1 aliphatic rings. The van der Waals surface area contributed by atoms with Crippen molar-refractivity contribution < 1.29 is 0 Å². The Morgan fingerprint density at radius 2 is 2.22 bits per heavy atom. The SMILES string of the molecule is CC(C)[C@@H]1CCCSC1. The van der Waals surface area contributed by atoms with Crippen LogP contribution in [-0.2, 0) is 0 Å². The molecule has 0 saturated carbocycles. The first-order chi connectivity index (χ1) is 4.30. The second kappa shape index (κ2) is 3.50. The highest BCUT2D eigenvalue weighted by Crippen LogP contribution is 2.27. The normalized spacial score (nSPS) is 29.0. The molecule has 0 radical (unpaired) electrons. The van der Waals surface area contributed by atoms with Crippen molar-refractivity contribution in [2.75, 3.05) is 11.5 Å². The predicted molar refractivity (Wildman–Crippen MR) is 44.9 cm³/mol. The van der Waals surface area contributed by atoms with E-state index in [0.717, 1.165) is 11.8 Å². The zero-order valence-electron chi connectivity index (χ0n) is 6.39. The summed E-state index contributed by atoms with van der Waals surface area (Å²) in [7, 11) is 0. The number of hydrogen-bond donors (Lipinski definition) is 0. The molecular formula is C8H16S.